The van der Waals surface area contributed by atoms with Gasteiger partial charge in [0.05, 0.1) is 22.1 Å². The topological polar surface area (TPSA) is 35.6 Å². The summed E-state index contributed by atoms with van der Waals surface area (Å²) in [5.41, 5.74) is 15.8. The summed E-state index contributed by atoms with van der Waals surface area (Å²) in [4.78, 5) is 9.28. The van der Waals surface area contributed by atoms with Crippen LogP contribution < -0.4 is 0 Å². The molecule has 0 atom stereocenters. The minimum absolute atomic E-state index is 1.08. The molecule has 30 heavy (non-hydrogen) atoms. The van der Waals surface area contributed by atoms with Gasteiger partial charge in [-0.25, -0.2) is 9.97 Å². The van der Waals surface area contributed by atoms with Crippen LogP contribution in [0.4, 0.5) is 0 Å². The second-order valence-electron chi connectivity index (χ2n) is 8.83. The van der Waals surface area contributed by atoms with Crippen LogP contribution in [0, 0.1) is 69.2 Å². The lowest BCUT2D eigenvalue weighted by Crippen LogP contribution is -1.97. The molecule has 0 aliphatic carbocycles. The number of benzene rings is 2. The van der Waals surface area contributed by atoms with Crippen molar-refractivity contribution in [2.24, 2.45) is 14.1 Å². The number of imidazole rings is 2. The van der Waals surface area contributed by atoms with Crippen LogP contribution in [0.2, 0.25) is 0 Å². The standard InChI is InChI=1S/2C13H18N2/c2*1-7-8(2)10(4)13-12(9(7)3)14-11(5)15(13)6/h2*1-6H3. The summed E-state index contributed by atoms with van der Waals surface area (Å²) >= 11 is 0. The van der Waals surface area contributed by atoms with E-state index in [9.17, 15) is 0 Å². The van der Waals surface area contributed by atoms with E-state index in [4.69, 9.17) is 0 Å². The molecule has 2 heterocycles. The average Bonchev–Trinajstić information content (AvgIpc) is 3.18. The van der Waals surface area contributed by atoms with Gasteiger partial charge in [-0.2, -0.15) is 0 Å². The summed E-state index contributed by atoms with van der Waals surface area (Å²) in [6.07, 6.45) is 0. The monoisotopic (exact) mass is 404 g/mol. The van der Waals surface area contributed by atoms with E-state index >= 15 is 0 Å². The molecule has 0 unspecified atom stereocenters. The summed E-state index contributed by atoms with van der Waals surface area (Å²) in [6.45, 7) is 21.6. The fourth-order valence-corrected chi connectivity index (χ4v) is 4.44. The van der Waals surface area contributed by atoms with E-state index in [0.29, 0.717) is 0 Å². The van der Waals surface area contributed by atoms with Crippen molar-refractivity contribution < 1.29 is 0 Å². The van der Waals surface area contributed by atoms with Gasteiger partial charge >= 0.3 is 0 Å². The Morgan fingerprint density at radius 3 is 0.967 bits per heavy atom. The Balaban J connectivity index is 0.000000171. The number of aromatic nitrogens is 4. The molecule has 160 valence electrons. The van der Waals surface area contributed by atoms with Crippen molar-refractivity contribution >= 4 is 22.1 Å². The maximum atomic E-state index is 4.64. The smallest absolute Gasteiger partial charge is 0.106 e. The summed E-state index contributed by atoms with van der Waals surface area (Å²) in [6, 6.07) is 0. The lowest BCUT2D eigenvalue weighted by Gasteiger charge is -2.11. The summed E-state index contributed by atoms with van der Waals surface area (Å²) in [5.74, 6) is 2.17. The molecule has 4 heteroatoms. The first kappa shape index (κ1) is 22.1. The first-order chi connectivity index (χ1) is 13.9. The second-order valence-corrected chi connectivity index (χ2v) is 8.83. The highest BCUT2D eigenvalue weighted by Gasteiger charge is 2.15. The number of hydrogen-bond acceptors (Lipinski definition) is 2. The lowest BCUT2D eigenvalue weighted by atomic mass is 9.97. The number of nitrogens with zero attached hydrogens (tertiary/aromatic N) is 4. The molecule has 0 saturated heterocycles. The normalized spacial score (nSPS) is 11.3. The molecule has 0 N–H and O–H groups in total. The maximum absolute atomic E-state index is 4.64. The van der Waals surface area contributed by atoms with Crippen molar-refractivity contribution in [2.45, 2.75) is 69.2 Å². The predicted molar refractivity (Wildman–Crippen MR) is 129 cm³/mol. The first-order valence-electron chi connectivity index (χ1n) is 10.7. The summed E-state index contributed by atoms with van der Waals surface area (Å²) < 4.78 is 4.37. The molecule has 4 aromatic rings. The van der Waals surface area contributed by atoms with Crippen molar-refractivity contribution in [2.75, 3.05) is 0 Å². The van der Waals surface area contributed by atoms with E-state index < -0.39 is 0 Å². The van der Waals surface area contributed by atoms with Gasteiger partial charge in [-0.1, -0.05) is 0 Å². The number of rotatable bonds is 0. The van der Waals surface area contributed by atoms with Crippen LogP contribution in [0.5, 0.6) is 0 Å². The number of fused-ring (bicyclic) bond motifs is 2. The molecule has 2 aromatic carbocycles. The van der Waals surface area contributed by atoms with Crippen LogP contribution in [0.15, 0.2) is 0 Å². The van der Waals surface area contributed by atoms with Gasteiger partial charge in [-0.05, 0) is 114 Å². The van der Waals surface area contributed by atoms with Gasteiger partial charge in [-0.3, -0.25) is 0 Å². The predicted octanol–water partition coefficient (Wildman–Crippen LogP) is 6.23. The molecule has 0 amide bonds. The molecule has 0 spiro atoms. The minimum Gasteiger partial charge on any atom is -0.331 e. The SMILES string of the molecule is Cc1c(C)c(C)c2c(nc(C)n2C)c1C.Cc1c(C)c(C)c2c(nc(C)n2C)c1C. The Kier molecular flexibility index (Phi) is 5.57. The van der Waals surface area contributed by atoms with Crippen LogP contribution in [0.1, 0.15) is 56.2 Å². The third-order valence-corrected chi connectivity index (χ3v) is 7.43. The molecule has 0 bridgehead atoms. The molecule has 2 aromatic heterocycles. The second kappa shape index (κ2) is 7.57. The fraction of sp³-hybridized carbons (Fsp3) is 0.462. The van der Waals surface area contributed by atoms with Gasteiger partial charge in [0.15, 0.2) is 0 Å². The molecular formula is C26H36N4. The molecule has 4 nitrogen and oxygen atoms in total. The molecule has 0 radical (unpaired) electrons. The van der Waals surface area contributed by atoms with E-state index in [-0.39, 0.29) is 0 Å². The minimum atomic E-state index is 1.08. The molecule has 0 aliphatic rings. The van der Waals surface area contributed by atoms with Gasteiger partial charge in [0.25, 0.3) is 0 Å². The maximum Gasteiger partial charge on any atom is 0.106 e. The van der Waals surface area contributed by atoms with Crippen LogP contribution in [0.3, 0.4) is 0 Å². The highest BCUT2D eigenvalue weighted by molar-refractivity contribution is 5.86. The third kappa shape index (κ3) is 3.13. The average molecular weight is 405 g/mol. The fourth-order valence-electron chi connectivity index (χ4n) is 4.44. The Bertz CT molecular complexity index is 1200. The largest absolute Gasteiger partial charge is 0.331 e. The van der Waals surface area contributed by atoms with Gasteiger partial charge < -0.3 is 9.13 Å². The molecule has 0 saturated carbocycles. The van der Waals surface area contributed by atoms with E-state index in [0.717, 1.165) is 22.7 Å². The number of hydrogen-bond donors (Lipinski definition) is 0. The van der Waals surface area contributed by atoms with Gasteiger partial charge in [0.1, 0.15) is 11.6 Å². The van der Waals surface area contributed by atoms with Crippen LogP contribution >= 0.6 is 0 Å². The quantitative estimate of drug-likeness (QED) is 0.348. The van der Waals surface area contributed by atoms with Crippen molar-refractivity contribution in [1.29, 1.82) is 0 Å². The summed E-state index contributed by atoms with van der Waals surface area (Å²) in [5, 5.41) is 0. The zero-order chi connectivity index (χ0) is 22.7. The Hall–Kier alpha value is -2.62. The van der Waals surface area contributed by atoms with E-state index in [1.54, 1.807) is 0 Å². The molecule has 4 rings (SSSR count). The lowest BCUT2D eigenvalue weighted by molar-refractivity contribution is 0.882. The van der Waals surface area contributed by atoms with Crippen molar-refractivity contribution in [3.63, 3.8) is 0 Å². The zero-order valence-corrected chi connectivity index (χ0v) is 20.8. The summed E-state index contributed by atoms with van der Waals surface area (Å²) in [7, 11) is 4.18. The highest BCUT2D eigenvalue weighted by atomic mass is 15.1. The Morgan fingerprint density at radius 1 is 0.400 bits per heavy atom. The number of aryl methyl sites for hydroxylation is 8. The Morgan fingerprint density at radius 2 is 0.667 bits per heavy atom. The van der Waals surface area contributed by atoms with Crippen LogP contribution in [0.25, 0.3) is 22.1 Å². The van der Waals surface area contributed by atoms with Crippen LogP contribution in [-0.2, 0) is 14.1 Å². The molecule has 0 fully saturated rings. The first-order valence-corrected chi connectivity index (χ1v) is 10.7. The van der Waals surface area contributed by atoms with Gasteiger partial charge in [-0.15, -0.1) is 0 Å². The van der Waals surface area contributed by atoms with Crippen molar-refractivity contribution in [3.05, 3.63) is 56.2 Å². The van der Waals surface area contributed by atoms with E-state index in [2.05, 4.69) is 102 Å². The third-order valence-electron chi connectivity index (χ3n) is 7.43. The van der Waals surface area contributed by atoms with E-state index in [1.807, 2.05) is 0 Å². The van der Waals surface area contributed by atoms with E-state index in [1.165, 1.54) is 55.5 Å². The van der Waals surface area contributed by atoms with Gasteiger partial charge in [0, 0.05) is 14.1 Å². The van der Waals surface area contributed by atoms with Crippen LogP contribution in [-0.4, -0.2) is 19.1 Å². The van der Waals surface area contributed by atoms with Gasteiger partial charge in [0.2, 0.25) is 0 Å². The molecular weight excluding hydrogens is 368 g/mol. The zero-order valence-electron chi connectivity index (χ0n) is 20.8. The molecule has 0 aliphatic heterocycles. The Labute approximate surface area is 181 Å². The van der Waals surface area contributed by atoms with Crippen molar-refractivity contribution in [1.82, 2.24) is 19.1 Å². The highest BCUT2D eigenvalue weighted by Crippen LogP contribution is 2.29. The van der Waals surface area contributed by atoms with Crippen molar-refractivity contribution in [3.8, 4) is 0 Å².